The van der Waals surface area contributed by atoms with E-state index in [0.717, 1.165) is 0 Å². The molecule has 0 spiro atoms. The molecule has 3 aromatic rings. The monoisotopic (exact) mass is 371 g/mol. The van der Waals surface area contributed by atoms with Gasteiger partial charge in [-0.15, -0.1) is 0 Å². The molecule has 0 aliphatic carbocycles. The lowest BCUT2D eigenvalue weighted by Crippen LogP contribution is -2.06. The summed E-state index contributed by atoms with van der Waals surface area (Å²) in [5.41, 5.74) is -0.882. The zero-order valence-electron chi connectivity index (χ0n) is 12.0. The first kappa shape index (κ1) is 16.9. The van der Waals surface area contributed by atoms with Gasteiger partial charge in [0.2, 0.25) is 5.82 Å². The van der Waals surface area contributed by atoms with E-state index < -0.39 is 28.3 Å². The van der Waals surface area contributed by atoms with Gasteiger partial charge in [-0.05, 0) is 24.3 Å². The lowest BCUT2D eigenvalue weighted by Gasteiger charge is -2.12. The van der Waals surface area contributed by atoms with Crippen LogP contribution in [0.5, 0.6) is 11.5 Å². The molecule has 0 aliphatic heterocycles. The molecule has 3 rings (SSSR count). The molecule has 0 amide bonds. The summed E-state index contributed by atoms with van der Waals surface area (Å²) in [7, 11) is 0. The molecule has 0 atom stereocenters. The molecule has 0 bridgehead atoms. The maximum Gasteiger partial charge on any atom is 0.416 e. The molecule has 2 aromatic carbocycles. The molecule has 25 heavy (non-hydrogen) atoms. The Bertz CT molecular complexity index is 1000. The summed E-state index contributed by atoms with van der Waals surface area (Å²) in [6.07, 6.45) is -4.75. The molecule has 5 nitrogen and oxygen atoms in total. The van der Waals surface area contributed by atoms with Gasteiger partial charge in [-0.3, -0.25) is 0 Å². The molecule has 0 unspecified atom stereocenters. The Morgan fingerprint density at radius 2 is 1.96 bits per heavy atom. The molecule has 0 saturated heterocycles. The number of nitriles is 1. The fraction of sp³-hybridized carbons (Fsp3) is 0.0667. The van der Waals surface area contributed by atoms with Crippen LogP contribution in [0.1, 0.15) is 11.4 Å². The van der Waals surface area contributed by atoms with Crippen molar-refractivity contribution in [2.24, 2.45) is 0 Å². The van der Waals surface area contributed by atoms with Crippen LogP contribution in [0.25, 0.3) is 11.0 Å². The van der Waals surface area contributed by atoms with Crippen molar-refractivity contribution in [3.05, 3.63) is 52.6 Å². The number of rotatable bonds is 2. The molecule has 1 N–H and O–H groups in total. The van der Waals surface area contributed by atoms with Crippen molar-refractivity contribution in [1.29, 1.82) is 5.26 Å². The van der Waals surface area contributed by atoms with E-state index in [1.54, 1.807) is 6.07 Å². The van der Waals surface area contributed by atoms with E-state index in [1.165, 1.54) is 18.2 Å². The summed E-state index contributed by atoms with van der Waals surface area (Å²) in [5, 5.41) is 18.0. The van der Waals surface area contributed by atoms with Gasteiger partial charge in [-0.2, -0.15) is 23.2 Å². The number of hydrogen-bond donors (Lipinski definition) is 1. The fourth-order valence-electron chi connectivity index (χ4n) is 2.12. The number of fused-ring (bicyclic) bond motifs is 1. The molecular weight excluding hydrogens is 366 g/mol. The van der Waals surface area contributed by atoms with Gasteiger partial charge >= 0.3 is 6.18 Å². The summed E-state index contributed by atoms with van der Waals surface area (Å²) in [4.78, 5) is 3.82. The molecule has 0 saturated carbocycles. The second-order valence-electron chi connectivity index (χ2n) is 4.88. The Hall–Kier alpha value is -2.99. The van der Waals surface area contributed by atoms with Gasteiger partial charge in [0.25, 0.3) is 0 Å². The lowest BCUT2D eigenvalue weighted by molar-refractivity contribution is -0.137. The number of benzene rings is 2. The van der Waals surface area contributed by atoms with E-state index in [-0.39, 0.29) is 28.7 Å². The van der Waals surface area contributed by atoms with E-state index in [0.29, 0.717) is 10.8 Å². The first-order valence-electron chi connectivity index (χ1n) is 6.56. The topological polar surface area (TPSA) is 71.1 Å². The summed E-state index contributed by atoms with van der Waals surface area (Å²) < 4.78 is 57.6. The molecule has 1 aromatic heterocycles. The second-order valence-corrected chi connectivity index (χ2v) is 5.29. The minimum Gasteiger partial charge on any atom is -0.453 e. The number of halogens is 5. The molecule has 128 valence electrons. The summed E-state index contributed by atoms with van der Waals surface area (Å²) in [6, 6.07) is 6.43. The standard InChI is InChI=1S/C15H6ClF4N3O2/c16-9-3-7(15(18,19)20)4-10(17)14(9)25-8-1-2-11-12(5-8)23(24)13(6-21)22-11/h1-5,24H. The normalized spacial score (nSPS) is 11.5. The molecule has 1 heterocycles. The van der Waals surface area contributed by atoms with E-state index in [9.17, 15) is 22.8 Å². The van der Waals surface area contributed by atoms with E-state index in [4.69, 9.17) is 21.6 Å². The Balaban J connectivity index is 2.02. The van der Waals surface area contributed by atoms with E-state index >= 15 is 0 Å². The number of alkyl halides is 3. The smallest absolute Gasteiger partial charge is 0.416 e. The number of imidazole rings is 1. The third kappa shape index (κ3) is 3.04. The number of aromatic nitrogens is 2. The van der Waals surface area contributed by atoms with Gasteiger partial charge in [0, 0.05) is 6.07 Å². The molecule has 10 heteroatoms. The Labute approximate surface area is 142 Å². The van der Waals surface area contributed by atoms with Gasteiger partial charge in [0.1, 0.15) is 17.3 Å². The van der Waals surface area contributed by atoms with Crippen LogP contribution in [0.4, 0.5) is 17.6 Å². The summed E-state index contributed by atoms with van der Waals surface area (Å²) in [6.45, 7) is 0. The van der Waals surface area contributed by atoms with Gasteiger partial charge in [-0.25, -0.2) is 9.37 Å². The predicted molar refractivity (Wildman–Crippen MR) is 78.1 cm³/mol. The summed E-state index contributed by atoms with van der Waals surface area (Å²) >= 11 is 5.69. The highest BCUT2D eigenvalue weighted by Gasteiger charge is 2.32. The van der Waals surface area contributed by atoms with Crippen molar-refractivity contribution in [3.63, 3.8) is 0 Å². The zero-order valence-corrected chi connectivity index (χ0v) is 12.7. The van der Waals surface area contributed by atoms with Crippen LogP contribution >= 0.6 is 11.6 Å². The van der Waals surface area contributed by atoms with E-state index in [1.807, 2.05) is 0 Å². The lowest BCUT2D eigenvalue weighted by atomic mass is 10.2. The molecular formula is C15H6ClF4N3O2. The van der Waals surface area contributed by atoms with Gasteiger partial charge in [0.15, 0.2) is 11.6 Å². The van der Waals surface area contributed by atoms with Crippen LogP contribution < -0.4 is 4.74 Å². The van der Waals surface area contributed by atoms with Crippen LogP contribution in [0.15, 0.2) is 30.3 Å². The largest absolute Gasteiger partial charge is 0.453 e. The van der Waals surface area contributed by atoms with Gasteiger partial charge in [-0.1, -0.05) is 11.6 Å². The number of ether oxygens (including phenoxy) is 1. The van der Waals surface area contributed by atoms with Crippen LogP contribution in [-0.2, 0) is 6.18 Å². The van der Waals surface area contributed by atoms with Crippen LogP contribution in [0.3, 0.4) is 0 Å². The van der Waals surface area contributed by atoms with Gasteiger partial charge in [0.05, 0.1) is 16.1 Å². The predicted octanol–water partition coefficient (Wildman–Crippen LogP) is 4.75. The highest BCUT2D eigenvalue weighted by atomic mass is 35.5. The average molecular weight is 372 g/mol. The minimum atomic E-state index is -4.75. The Morgan fingerprint density at radius 3 is 2.56 bits per heavy atom. The van der Waals surface area contributed by atoms with Crippen molar-refractivity contribution in [1.82, 2.24) is 9.71 Å². The summed E-state index contributed by atoms with van der Waals surface area (Å²) in [5.74, 6) is -2.19. The highest BCUT2D eigenvalue weighted by molar-refractivity contribution is 6.32. The zero-order chi connectivity index (χ0) is 18.4. The third-order valence-corrected chi connectivity index (χ3v) is 3.53. The third-order valence-electron chi connectivity index (χ3n) is 3.25. The van der Waals surface area contributed by atoms with E-state index in [2.05, 4.69) is 4.98 Å². The first-order valence-corrected chi connectivity index (χ1v) is 6.94. The second kappa shape index (κ2) is 5.82. The van der Waals surface area contributed by atoms with Gasteiger partial charge < -0.3 is 9.94 Å². The maximum absolute atomic E-state index is 14.0. The molecule has 0 radical (unpaired) electrons. The average Bonchev–Trinajstić information content (AvgIpc) is 2.86. The SMILES string of the molecule is N#Cc1nc2ccc(Oc3c(F)cc(C(F)(F)F)cc3Cl)cc2n1O. The van der Waals surface area contributed by atoms with Crippen molar-refractivity contribution < 1.29 is 27.5 Å². The molecule has 0 aliphatic rings. The number of hydrogen-bond acceptors (Lipinski definition) is 4. The van der Waals surface area contributed by atoms with Crippen LogP contribution in [-0.4, -0.2) is 14.9 Å². The molecule has 0 fully saturated rings. The van der Waals surface area contributed by atoms with Crippen molar-refractivity contribution in [2.45, 2.75) is 6.18 Å². The number of nitrogens with zero attached hydrogens (tertiary/aromatic N) is 3. The van der Waals surface area contributed by atoms with Crippen molar-refractivity contribution >= 4 is 22.6 Å². The Kier molecular flexibility index (Phi) is 3.93. The Morgan fingerprint density at radius 1 is 1.24 bits per heavy atom. The van der Waals surface area contributed by atoms with Crippen LogP contribution in [0.2, 0.25) is 5.02 Å². The maximum atomic E-state index is 14.0. The first-order chi connectivity index (χ1) is 11.7. The fourth-order valence-corrected chi connectivity index (χ4v) is 2.36. The van der Waals surface area contributed by atoms with Crippen molar-refractivity contribution in [2.75, 3.05) is 0 Å². The minimum absolute atomic E-state index is 0.0206. The highest BCUT2D eigenvalue weighted by Crippen LogP contribution is 2.39. The van der Waals surface area contributed by atoms with Crippen LogP contribution in [0, 0.1) is 17.1 Å². The van der Waals surface area contributed by atoms with Crippen molar-refractivity contribution in [3.8, 4) is 17.6 Å². The quantitative estimate of drug-likeness (QED) is 0.521.